The third kappa shape index (κ3) is 4.07. The number of phenolic OH excluding ortho intramolecular Hbond substituents is 1. The molecule has 9 heteroatoms. The van der Waals surface area contributed by atoms with Gasteiger partial charge in [0, 0.05) is 21.7 Å². The largest absolute Gasteiger partial charge is 0.504 e. The predicted octanol–water partition coefficient (Wildman–Crippen LogP) is 2.84. The lowest BCUT2D eigenvalue weighted by molar-refractivity contribution is -0.385. The predicted molar refractivity (Wildman–Crippen MR) is 90.5 cm³/mol. The molecule has 0 spiro atoms. The molecule has 0 bridgehead atoms. The van der Waals surface area contributed by atoms with Crippen LogP contribution in [0.3, 0.4) is 0 Å². The second-order valence-electron chi connectivity index (χ2n) is 4.55. The van der Waals surface area contributed by atoms with Crippen LogP contribution in [0.25, 0.3) is 0 Å². The molecule has 0 unspecified atom stereocenters. The molecular weight excluding hydrogens is 382 g/mol. The molecule has 124 valence electrons. The van der Waals surface area contributed by atoms with E-state index in [1.54, 1.807) is 24.3 Å². The molecule has 0 aliphatic carbocycles. The number of non-ortho nitro benzene ring substituents is 1. The van der Waals surface area contributed by atoms with Crippen LogP contribution < -0.4 is 10.2 Å². The number of rotatable bonds is 5. The average Bonchev–Trinajstić information content (AvgIpc) is 2.56. The molecule has 2 N–H and O–H groups in total. The molecule has 8 nitrogen and oxygen atoms in total. The first-order valence-electron chi connectivity index (χ1n) is 6.56. The van der Waals surface area contributed by atoms with Gasteiger partial charge in [-0.2, -0.15) is 5.10 Å². The molecule has 0 fully saturated rings. The van der Waals surface area contributed by atoms with E-state index in [9.17, 15) is 20.0 Å². The highest BCUT2D eigenvalue weighted by Crippen LogP contribution is 2.33. The highest BCUT2D eigenvalue weighted by Gasteiger charge is 2.15. The maximum Gasteiger partial charge on any atom is 0.274 e. The van der Waals surface area contributed by atoms with Gasteiger partial charge in [0.05, 0.1) is 24.3 Å². The Labute approximate surface area is 145 Å². The summed E-state index contributed by atoms with van der Waals surface area (Å²) in [6.45, 7) is 0. The van der Waals surface area contributed by atoms with Crippen molar-refractivity contribution in [2.24, 2.45) is 5.10 Å². The standard InChI is InChI=1S/C15H12BrN3O5/c1-24-13-7-12(19(22)23)6-10(14(13)20)8-17-18-15(21)9-3-2-4-11(16)5-9/h2-8,20H,1H3,(H,18,21)/b17-8+. The van der Waals surface area contributed by atoms with Gasteiger partial charge in [-0.3, -0.25) is 14.9 Å². The fraction of sp³-hybridized carbons (Fsp3) is 0.0667. The number of carbonyl (C=O) groups excluding carboxylic acids is 1. The number of ether oxygens (including phenoxy) is 1. The minimum Gasteiger partial charge on any atom is -0.504 e. The SMILES string of the molecule is COc1cc([N+](=O)[O-])cc(/C=N/NC(=O)c2cccc(Br)c2)c1O. The number of methoxy groups -OCH3 is 1. The zero-order valence-corrected chi connectivity index (χ0v) is 14.0. The molecule has 0 aromatic heterocycles. The summed E-state index contributed by atoms with van der Waals surface area (Å²) in [6, 6.07) is 8.88. The maximum absolute atomic E-state index is 11.9. The first-order chi connectivity index (χ1) is 11.4. The molecule has 1 amide bonds. The van der Waals surface area contributed by atoms with E-state index in [4.69, 9.17) is 4.74 Å². The quantitative estimate of drug-likeness (QED) is 0.460. The van der Waals surface area contributed by atoms with Crippen molar-refractivity contribution in [3.63, 3.8) is 0 Å². The highest BCUT2D eigenvalue weighted by atomic mass is 79.9. The summed E-state index contributed by atoms with van der Waals surface area (Å²) in [5.41, 5.74) is 2.42. The lowest BCUT2D eigenvalue weighted by Crippen LogP contribution is -2.17. The van der Waals surface area contributed by atoms with E-state index in [0.717, 1.165) is 22.8 Å². The average molecular weight is 394 g/mol. The van der Waals surface area contributed by atoms with Gasteiger partial charge >= 0.3 is 0 Å². The minimum atomic E-state index is -0.626. The van der Waals surface area contributed by atoms with E-state index in [0.29, 0.717) is 5.56 Å². The Bertz CT molecular complexity index is 823. The zero-order chi connectivity index (χ0) is 17.7. The molecule has 0 aliphatic rings. The van der Waals surface area contributed by atoms with Gasteiger partial charge in [-0.1, -0.05) is 22.0 Å². The van der Waals surface area contributed by atoms with Gasteiger partial charge in [-0.25, -0.2) is 5.43 Å². The van der Waals surface area contributed by atoms with Crippen molar-refractivity contribution in [3.8, 4) is 11.5 Å². The van der Waals surface area contributed by atoms with Gasteiger partial charge in [-0.05, 0) is 18.2 Å². The fourth-order valence-corrected chi connectivity index (χ4v) is 2.23. The number of nitrogens with one attached hydrogen (secondary N) is 1. The lowest BCUT2D eigenvalue weighted by Gasteiger charge is -2.06. The number of amides is 1. The van der Waals surface area contributed by atoms with Crippen molar-refractivity contribution in [1.29, 1.82) is 0 Å². The Morgan fingerprint density at radius 1 is 1.42 bits per heavy atom. The summed E-state index contributed by atoms with van der Waals surface area (Å²) >= 11 is 3.25. The Morgan fingerprint density at radius 3 is 2.79 bits per heavy atom. The van der Waals surface area contributed by atoms with Crippen LogP contribution in [0.5, 0.6) is 11.5 Å². The lowest BCUT2D eigenvalue weighted by atomic mass is 10.2. The van der Waals surface area contributed by atoms with E-state index >= 15 is 0 Å². The second kappa shape index (κ2) is 7.55. The van der Waals surface area contributed by atoms with Gasteiger partial charge in [-0.15, -0.1) is 0 Å². The van der Waals surface area contributed by atoms with Gasteiger partial charge in [0.1, 0.15) is 0 Å². The number of nitro benzene ring substituents is 1. The van der Waals surface area contributed by atoms with E-state index in [1.165, 1.54) is 7.11 Å². The van der Waals surface area contributed by atoms with Crippen LogP contribution in [0.15, 0.2) is 46.0 Å². The normalized spacial score (nSPS) is 10.6. The van der Waals surface area contributed by atoms with Gasteiger partial charge < -0.3 is 9.84 Å². The van der Waals surface area contributed by atoms with Gasteiger partial charge in [0.2, 0.25) is 0 Å². The number of phenols is 1. The first kappa shape index (κ1) is 17.4. The third-order valence-corrected chi connectivity index (χ3v) is 3.47. The zero-order valence-electron chi connectivity index (χ0n) is 12.4. The van der Waals surface area contributed by atoms with Crippen molar-refractivity contribution in [3.05, 3.63) is 62.1 Å². The van der Waals surface area contributed by atoms with Crippen LogP contribution in [0.4, 0.5) is 5.69 Å². The molecule has 0 saturated carbocycles. The number of hydrogen-bond acceptors (Lipinski definition) is 6. The van der Waals surface area contributed by atoms with Crippen LogP contribution >= 0.6 is 15.9 Å². The Morgan fingerprint density at radius 2 is 2.17 bits per heavy atom. The molecule has 2 rings (SSSR count). The number of nitrogens with zero attached hydrogens (tertiary/aromatic N) is 2. The Balaban J connectivity index is 2.21. The van der Waals surface area contributed by atoms with Crippen LogP contribution in [0.1, 0.15) is 15.9 Å². The fourth-order valence-electron chi connectivity index (χ4n) is 1.83. The number of halogens is 1. The van der Waals surface area contributed by atoms with Crippen molar-refractivity contribution in [2.45, 2.75) is 0 Å². The van der Waals surface area contributed by atoms with E-state index in [-0.39, 0.29) is 22.7 Å². The van der Waals surface area contributed by atoms with Crippen LogP contribution in [-0.2, 0) is 0 Å². The molecule has 2 aromatic carbocycles. The van der Waals surface area contributed by atoms with Crippen molar-refractivity contribution in [1.82, 2.24) is 5.43 Å². The topological polar surface area (TPSA) is 114 Å². The molecule has 0 aliphatic heterocycles. The number of nitro groups is 1. The summed E-state index contributed by atoms with van der Waals surface area (Å²) in [5, 5.41) is 24.5. The summed E-state index contributed by atoms with van der Waals surface area (Å²) in [6.07, 6.45) is 1.10. The maximum atomic E-state index is 11.9. The number of aromatic hydroxyl groups is 1. The second-order valence-corrected chi connectivity index (χ2v) is 5.47. The van der Waals surface area contributed by atoms with E-state index in [1.807, 2.05) is 0 Å². The third-order valence-electron chi connectivity index (χ3n) is 2.98. The number of hydrazone groups is 1. The molecule has 2 aromatic rings. The smallest absolute Gasteiger partial charge is 0.274 e. The number of hydrogen-bond donors (Lipinski definition) is 2. The van der Waals surface area contributed by atoms with Crippen molar-refractivity contribution < 1.29 is 19.6 Å². The Kier molecular flexibility index (Phi) is 5.48. The first-order valence-corrected chi connectivity index (χ1v) is 7.36. The van der Waals surface area contributed by atoms with Gasteiger partial charge in [0.25, 0.3) is 11.6 Å². The Hall–Kier alpha value is -2.94. The summed E-state index contributed by atoms with van der Waals surface area (Å²) < 4.78 is 5.61. The molecular formula is C15H12BrN3O5. The summed E-state index contributed by atoms with van der Waals surface area (Å²) in [7, 11) is 1.27. The summed E-state index contributed by atoms with van der Waals surface area (Å²) in [5.74, 6) is -0.850. The van der Waals surface area contributed by atoms with Gasteiger partial charge in [0.15, 0.2) is 11.5 Å². The molecule has 24 heavy (non-hydrogen) atoms. The van der Waals surface area contributed by atoms with E-state index in [2.05, 4.69) is 26.5 Å². The highest BCUT2D eigenvalue weighted by molar-refractivity contribution is 9.10. The van der Waals surface area contributed by atoms with Crippen molar-refractivity contribution >= 4 is 33.7 Å². The van der Waals surface area contributed by atoms with Crippen LogP contribution in [0.2, 0.25) is 0 Å². The molecule has 0 heterocycles. The monoisotopic (exact) mass is 393 g/mol. The number of carbonyl (C=O) groups is 1. The van der Waals surface area contributed by atoms with E-state index < -0.39 is 10.8 Å². The van der Waals surface area contributed by atoms with Crippen molar-refractivity contribution in [2.75, 3.05) is 7.11 Å². The summed E-state index contributed by atoms with van der Waals surface area (Å²) in [4.78, 5) is 22.2. The molecule has 0 saturated heterocycles. The minimum absolute atomic E-state index is 0.0376. The molecule has 0 radical (unpaired) electrons. The number of benzene rings is 2. The van der Waals surface area contributed by atoms with Crippen LogP contribution in [0, 0.1) is 10.1 Å². The van der Waals surface area contributed by atoms with Crippen LogP contribution in [-0.4, -0.2) is 29.3 Å². The molecule has 0 atom stereocenters.